The van der Waals surface area contributed by atoms with E-state index < -0.39 is 0 Å². The Morgan fingerprint density at radius 1 is 1.17 bits per heavy atom. The first-order valence-corrected chi connectivity index (χ1v) is 5.49. The van der Waals surface area contributed by atoms with Crippen LogP contribution in [0.4, 0.5) is 21.9 Å². The number of nitrogen functional groups attached to an aromatic ring is 1. The Labute approximate surface area is 105 Å². The Morgan fingerprint density at radius 3 is 2.67 bits per heavy atom. The SMILES string of the molecule is Cc1cncc(NC(=O)Nc2cccc(N)c2)c1. The molecule has 1 aromatic heterocycles. The largest absolute Gasteiger partial charge is 0.399 e. The average molecular weight is 242 g/mol. The van der Waals surface area contributed by atoms with Crippen molar-refractivity contribution in [2.45, 2.75) is 6.92 Å². The molecule has 0 bridgehead atoms. The first-order valence-electron chi connectivity index (χ1n) is 5.49. The van der Waals surface area contributed by atoms with Crippen molar-refractivity contribution in [1.82, 2.24) is 4.98 Å². The number of amides is 2. The third-order valence-electron chi connectivity index (χ3n) is 2.28. The minimum Gasteiger partial charge on any atom is -0.399 e. The van der Waals surface area contributed by atoms with E-state index in [4.69, 9.17) is 5.73 Å². The van der Waals surface area contributed by atoms with Gasteiger partial charge in [0.15, 0.2) is 0 Å². The van der Waals surface area contributed by atoms with Crippen molar-refractivity contribution < 1.29 is 4.79 Å². The molecule has 0 fully saturated rings. The van der Waals surface area contributed by atoms with Crippen LogP contribution in [0.15, 0.2) is 42.7 Å². The van der Waals surface area contributed by atoms with Crippen LogP contribution in [-0.4, -0.2) is 11.0 Å². The summed E-state index contributed by atoms with van der Waals surface area (Å²) in [6, 6.07) is 8.50. The molecule has 2 amide bonds. The molecule has 1 aromatic carbocycles. The number of aromatic nitrogens is 1. The molecule has 0 aliphatic carbocycles. The van der Waals surface area contributed by atoms with Crippen LogP contribution in [0.1, 0.15) is 5.56 Å². The molecule has 5 nitrogen and oxygen atoms in total. The summed E-state index contributed by atoms with van der Waals surface area (Å²) in [4.78, 5) is 15.7. The second-order valence-electron chi connectivity index (χ2n) is 3.96. The van der Waals surface area contributed by atoms with Gasteiger partial charge in [0, 0.05) is 17.6 Å². The standard InChI is InChI=1S/C13H14N4O/c1-9-5-12(8-15-7-9)17-13(18)16-11-4-2-3-10(14)6-11/h2-8H,14H2,1H3,(H2,16,17,18). The molecule has 5 heteroatoms. The van der Waals surface area contributed by atoms with Gasteiger partial charge in [0.05, 0.1) is 11.9 Å². The number of nitrogens with zero attached hydrogens (tertiary/aromatic N) is 1. The van der Waals surface area contributed by atoms with E-state index in [0.717, 1.165) is 5.56 Å². The van der Waals surface area contributed by atoms with Crippen molar-refractivity contribution in [3.05, 3.63) is 48.3 Å². The number of benzene rings is 1. The minimum atomic E-state index is -0.326. The van der Waals surface area contributed by atoms with Gasteiger partial charge < -0.3 is 16.4 Å². The van der Waals surface area contributed by atoms with E-state index in [1.165, 1.54) is 0 Å². The second kappa shape index (κ2) is 5.18. The fourth-order valence-corrected chi connectivity index (χ4v) is 1.53. The number of carbonyl (C=O) groups excluding carboxylic acids is 1. The number of anilines is 3. The molecule has 0 unspecified atom stereocenters. The predicted octanol–water partition coefficient (Wildman–Crippen LogP) is 2.62. The molecule has 92 valence electrons. The third-order valence-corrected chi connectivity index (χ3v) is 2.28. The Bertz CT molecular complexity index is 519. The Balaban J connectivity index is 2.01. The Kier molecular flexibility index (Phi) is 3.43. The molecular weight excluding hydrogens is 228 g/mol. The summed E-state index contributed by atoms with van der Waals surface area (Å²) in [6.45, 7) is 1.91. The zero-order valence-corrected chi connectivity index (χ0v) is 9.97. The molecule has 4 N–H and O–H groups in total. The van der Waals surface area contributed by atoms with Gasteiger partial charge in [0.25, 0.3) is 0 Å². The molecular formula is C13H14N4O. The lowest BCUT2D eigenvalue weighted by Crippen LogP contribution is -2.19. The highest BCUT2D eigenvalue weighted by Crippen LogP contribution is 2.13. The monoisotopic (exact) mass is 242 g/mol. The van der Waals surface area contributed by atoms with Crippen molar-refractivity contribution in [3.63, 3.8) is 0 Å². The highest BCUT2D eigenvalue weighted by atomic mass is 16.2. The minimum absolute atomic E-state index is 0.326. The van der Waals surface area contributed by atoms with Crippen LogP contribution in [0.25, 0.3) is 0 Å². The van der Waals surface area contributed by atoms with Gasteiger partial charge in [-0.2, -0.15) is 0 Å². The number of carbonyl (C=O) groups is 1. The zero-order chi connectivity index (χ0) is 13.0. The number of pyridine rings is 1. The van der Waals surface area contributed by atoms with Gasteiger partial charge in [0.1, 0.15) is 0 Å². The van der Waals surface area contributed by atoms with E-state index in [1.807, 2.05) is 13.0 Å². The summed E-state index contributed by atoms with van der Waals surface area (Å²) in [5.41, 5.74) is 8.51. The normalized spacial score (nSPS) is 9.83. The summed E-state index contributed by atoms with van der Waals surface area (Å²) < 4.78 is 0. The maximum atomic E-state index is 11.7. The van der Waals surface area contributed by atoms with Gasteiger partial charge in [0.2, 0.25) is 0 Å². The fourth-order valence-electron chi connectivity index (χ4n) is 1.53. The van der Waals surface area contributed by atoms with Gasteiger partial charge in [-0.15, -0.1) is 0 Å². The van der Waals surface area contributed by atoms with Crippen LogP contribution >= 0.6 is 0 Å². The average Bonchev–Trinajstić information content (AvgIpc) is 2.28. The number of urea groups is 1. The van der Waals surface area contributed by atoms with Crippen molar-refractivity contribution in [2.75, 3.05) is 16.4 Å². The number of aryl methyl sites for hydroxylation is 1. The number of hydrogen-bond acceptors (Lipinski definition) is 3. The van der Waals surface area contributed by atoms with Crippen LogP contribution in [0, 0.1) is 6.92 Å². The maximum Gasteiger partial charge on any atom is 0.323 e. The predicted molar refractivity (Wildman–Crippen MR) is 72.5 cm³/mol. The first-order chi connectivity index (χ1) is 8.63. The summed E-state index contributed by atoms with van der Waals surface area (Å²) in [5, 5.41) is 5.39. The summed E-state index contributed by atoms with van der Waals surface area (Å²) >= 11 is 0. The van der Waals surface area contributed by atoms with E-state index in [-0.39, 0.29) is 6.03 Å². The third kappa shape index (κ3) is 3.21. The fraction of sp³-hybridized carbons (Fsp3) is 0.0769. The second-order valence-corrected chi connectivity index (χ2v) is 3.96. The summed E-state index contributed by atoms with van der Waals surface area (Å²) in [5.74, 6) is 0. The van der Waals surface area contributed by atoms with Crippen LogP contribution in [0.5, 0.6) is 0 Å². The van der Waals surface area contributed by atoms with Crippen LogP contribution in [-0.2, 0) is 0 Å². The highest BCUT2D eigenvalue weighted by Gasteiger charge is 2.03. The van der Waals surface area contributed by atoms with Gasteiger partial charge >= 0.3 is 6.03 Å². The van der Waals surface area contributed by atoms with Gasteiger partial charge in [-0.1, -0.05) is 6.07 Å². The van der Waals surface area contributed by atoms with Crippen molar-refractivity contribution in [3.8, 4) is 0 Å². The summed E-state index contributed by atoms with van der Waals surface area (Å²) in [7, 11) is 0. The Hall–Kier alpha value is -2.56. The van der Waals surface area contributed by atoms with Gasteiger partial charge in [-0.05, 0) is 36.8 Å². The van der Waals surface area contributed by atoms with E-state index in [1.54, 1.807) is 36.7 Å². The number of nitrogens with one attached hydrogen (secondary N) is 2. The van der Waals surface area contributed by atoms with Gasteiger partial charge in [-0.3, -0.25) is 4.98 Å². The lowest BCUT2D eigenvalue weighted by atomic mass is 10.3. The molecule has 0 aliphatic rings. The first kappa shape index (κ1) is 11.9. The van der Waals surface area contributed by atoms with E-state index in [0.29, 0.717) is 17.1 Å². The summed E-state index contributed by atoms with van der Waals surface area (Å²) in [6.07, 6.45) is 3.31. The van der Waals surface area contributed by atoms with Crippen molar-refractivity contribution >= 4 is 23.1 Å². The molecule has 0 radical (unpaired) electrons. The molecule has 0 saturated heterocycles. The van der Waals surface area contributed by atoms with Crippen molar-refractivity contribution in [2.24, 2.45) is 0 Å². The molecule has 0 spiro atoms. The highest BCUT2D eigenvalue weighted by molar-refractivity contribution is 5.99. The van der Waals surface area contributed by atoms with E-state index >= 15 is 0 Å². The van der Waals surface area contributed by atoms with E-state index in [9.17, 15) is 4.79 Å². The van der Waals surface area contributed by atoms with Crippen molar-refractivity contribution in [1.29, 1.82) is 0 Å². The van der Waals surface area contributed by atoms with E-state index in [2.05, 4.69) is 15.6 Å². The van der Waals surface area contributed by atoms with Crippen LogP contribution in [0.3, 0.4) is 0 Å². The topological polar surface area (TPSA) is 80.0 Å². The Morgan fingerprint density at radius 2 is 1.94 bits per heavy atom. The lowest BCUT2D eigenvalue weighted by Gasteiger charge is -2.08. The molecule has 1 heterocycles. The lowest BCUT2D eigenvalue weighted by molar-refractivity contribution is 0.262. The number of rotatable bonds is 2. The maximum absolute atomic E-state index is 11.7. The molecule has 0 saturated carbocycles. The molecule has 2 rings (SSSR count). The van der Waals surface area contributed by atoms with Crippen LogP contribution in [0.2, 0.25) is 0 Å². The number of hydrogen-bond donors (Lipinski definition) is 3. The van der Waals surface area contributed by atoms with Crippen LogP contribution < -0.4 is 16.4 Å². The number of nitrogens with two attached hydrogens (primary N) is 1. The molecule has 18 heavy (non-hydrogen) atoms. The molecule has 0 aliphatic heterocycles. The smallest absolute Gasteiger partial charge is 0.323 e. The molecule has 2 aromatic rings. The zero-order valence-electron chi connectivity index (χ0n) is 9.97. The molecule has 0 atom stereocenters. The van der Waals surface area contributed by atoms with Gasteiger partial charge in [-0.25, -0.2) is 4.79 Å². The quantitative estimate of drug-likeness (QED) is 0.708.